The molecule has 2 fully saturated rings. The van der Waals surface area contributed by atoms with Gasteiger partial charge in [0.2, 0.25) is 0 Å². The van der Waals surface area contributed by atoms with Crippen LogP contribution in [0.4, 0.5) is 4.39 Å². The first-order valence-corrected chi connectivity index (χ1v) is 9.01. The molecule has 2 aliphatic heterocycles. The highest BCUT2D eigenvalue weighted by molar-refractivity contribution is 5.94. The first kappa shape index (κ1) is 17.1. The van der Waals surface area contributed by atoms with E-state index in [0.717, 1.165) is 13.0 Å². The highest BCUT2D eigenvalue weighted by atomic mass is 19.1. The van der Waals surface area contributed by atoms with Crippen molar-refractivity contribution < 1.29 is 13.9 Å². The maximum Gasteiger partial charge on any atom is 0.255 e. The number of benzene rings is 1. The van der Waals surface area contributed by atoms with Crippen molar-refractivity contribution in [1.29, 1.82) is 0 Å². The number of pyridine rings is 1. The molecule has 5 nitrogen and oxygen atoms in total. The lowest BCUT2D eigenvalue weighted by Crippen LogP contribution is -2.61. The Labute approximate surface area is 152 Å². The number of hydrogen-bond donors (Lipinski definition) is 0. The molecular formula is C20H22FN3O2. The highest BCUT2D eigenvalue weighted by Crippen LogP contribution is 2.26. The quantitative estimate of drug-likeness (QED) is 0.848. The zero-order chi connectivity index (χ0) is 17.9. The van der Waals surface area contributed by atoms with Crippen LogP contribution >= 0.6 is 0 Å². The summed E-state index contributed by atoms with van der Waals surface area (Å²) in [5, 5.41) is 0. The van der Waals surface area contributed by atoms with Crippen LogP contribution in [0.2, 0.25) is 0 Å². The lowest BCUT2D eigenvalue weighted by atomic mass is 9.97. The predicted molar refractivity (Wildman–Crippen MR) is 95.1 cm³/mol. The van der Waals surface area contributed by atoms with E-state index in [-0.39, 0.29) is 23.9 Å². The molecule has 26 heavy (non-hydrogen) atoms. The second-order valence-corrected chi connectivity index (χ2v) is 6.83. The van der Waals surface area contributed by atoms with Crippen LogP contribution in [0.25, 0.3) is 0 Å². The lowest BCUT2D eigenvalue weighted by molar-refractivity contribution is -0.0915. The molecule has 0 radical (unpaired) electrons. The van der Waals surface area contributed by atoms with Gasteiger partial charge in [0.15, 0.2) is 0 Å². The van der Waals surface area contributed by atoms with Crippen LogP contribution in [-0.4, -0.2) is 59.1 Å². The monoisotopic (exact) mass is 355 g/mol. The van der Waals surface area contributed by atoms with E-state index in [4.69, 9.17) is 4.74 Å². The number of amides is 1. The summed E-state index contributed by atoms with van der Waals surface area (Å²) in [6.07, 6.45) is 4.15. The zero-order valence-corrected chi connectivity index (χ0v) is 14.6. The maximum atomic E-state index is 14.0. The number of piperidine rings is 1. The summed E-state index contributed by atoms with van der Waals surface area (Å²) in [6.45, 7) is 3.20. The van der Waals surface area contributed by atoms with Gasteiger partial charge in [0, 0.05) is 44.1 Å². The molecule has 136 valence electrons. The summed E-state index contributed by atoms with van der Waals surface area (Å²) >= 11 is 0. The Hall–Kier alpha value is -2.31. The second-order valence-electron chi connectivity index (χ2n) is 6.83. The SMILES string of the molecule is O=C(c1cccnc1)N1CCO[C@@H]2CCN(Cc3ccccc3F)C[C@H]21. The van der Waals surface area contributed by atoms with Crippen LogP contribution in [0.1, 0.15) is 22.3 Å². The molecule has 0 unspecified atom stereocenters. The van der Waals surface area contributed by atoms with Gasteiger partial charge in [-0.3, -0.25) is 14.7 Å². The summed E-state index contributed by atoms with van der Waals surface area (Å²) in [4.78, 5) is 21.1. The van der Waals surface area contributed by atoms with Crippen LogP contribution in [0.3, 0.4) is 0 Å². The fourth-order valence-corrected chi connectivity index (χ4v) is 3.86. The number of nitrogens with zero attached hydrogens (tertiary/aromatic N) is 3. The molecule has 6 heteroatoms. The van der Waals surface area contributed by atoms with Gasteiger partial charge in [-0.15, -0.1) is 0 Å². The average molecular weight is 355 g/mol. The Morgan fingerprint density at radius 1 is 1.23 bits per heavy atom. The van der Waals surface area contributed by atoms with Gasteiger partial charge >= 0.3 is 0 Å². The Kier molecular flexibility index (Phi) is 4.95. The van der Waals surface area contributed by atoms with Crippen molar-refractivity contribution in [2.24, 2.45) is 0 Å². The number of ether oxygens (including phenoxy) is 1. The fraction of sp³-hybridized carbons (Fsp3) is 0.400. The molecule has 3 heterocycles. The number of hydrogen-bond acceptors (Lipinski definition) is 4. The Bertz CT molecular complexity index is 771. The number of likely N-dealkylation sites (tertiary alicyclic amines) is 1. The molecule has 1 amide bonds. The third-order valence-corrected chi connectivity index (χ3v) is 5.19. The summed E-state index contributed by atoms with van der Waals surface area (Å²) in [5.41, 5.74) is 1.28. The molecule has 0 spiro atoms. The van der Waals surface area contributed by atoms with Gasteiger partial charge in [0.25, 0.3) is 5.91 Å². The molecule has 2 saturated heterocycles. The number of carbonyl (C=O) groups excluding carboxylic acids is 1. The minimum atomic E-state index is -0.183. The number of halogens is 1. The smallest absolute Gasteiger partial charge is 0.255 e. The Morgan fingerprint density at radius 2 is 2.12 bits per heavy atom. The molecule has 1 aromatic heterocycles. The summed E-state index contributed by atoms with van der Waals surface area (Å²) < 4.78 is 19.9. The zero-order valence-electron chi connectivity index (χ0n) is 14.6. The van der Waals surface area contributed by atoms with Gasteiger partial charge in [-0.05, 0) is 24.6 Å². The molecule has 0 aliphatic carbocycles. The second kappa shape index (κ2) is 7.51. The number of morpholine rings is 1. The minimum absolute atomic E-state index is 0.0101. The van der Waals surface area contributed by atoms with Gasteiger partial charge in [-0.25, -0.2) is 4.39 Å². The van der Waals surface area contributed by atoms with Crippen LogP contribution in [-0.2, 0) is 11.3 Å². The van der Waals surface area contributed by atoms with Crippen LogP contribution in [0.15, 0.2) is 48.8 Å². The number of rotatable bonds is 3. The van der Waals surface area contributed by atoms with E-state index in [2.05, 4.69) is 9.88 Å². The maximum absolute atomic E-state index is 14.0. The average Bonchev–Trinajstić information content (AvgIpc) is 2.69. The van der Waals surface area contributed by atoms with Crippen LogP contribution in [0, 0.1) is 5.82 Å². The molecule has 0 bridgehead atoms. The molecule has 2 aliphatic rings. The Morgan fingerprint density at radius 3 is 2.92 bits per heavy atom. The first-order valence-electron chi connectivity index (χ1n) is 9.01. The molecule has 0 N–H and O–H groups in total. The number of aromatic nitrogens is 1. The van der Waals surface area contributed by atoms with Gasteiger partial charge < -0.3 is 9.64 Å². The third-order valence-electron chi connectivity index (χ3n) is 5.19. The number of carbonyl (C=O) groups is 1. The predicted octanol–water partition coefficient (Wildman–Crippen LogP) is 2.34. The van der Waals surface area contributed by atoms with E-state index >= 15 is 0 Å². The van der Waals surface area contributed by atoms with E-state index in [9.17, 15) is 9.18 Å². The van der Waals surface area contributed by atoms with Crippen molar-refractivity contribution in [2.45, 2.75) is 25.1 Å². The van der Waals surface area contributed by atoms with E-state index in [0.29, 0.717) is 37.4 Å². The molecule has 1 aromatic carbocycles. The lowest BCUT2D eigenvalue weighted by Gasteiger charge is -2.47. The van der Waals surface area contributed by atoms with Crippen molar-refractivity contribution in [3.8, 4) is 0 Å². The van der Waals surface area contributed by atoms with Crippen molar-refractivity contribution in [1.82, 2.24) is 14.8 Å². The van der Waals surface area contributed by atoms with E-state index in [1.165, 1.54) is 6.07 Å². The third kappa shape index (κ3) is 3.48. The number of fused-ring (bicyclic) bond motifs is 1. The summed E-state index contributed by atoms with van der Waals surface area (Å²) in [7, 11) is 0. The fourth-order valence-electron chi connectivity index (χ4n) is 3.86. The van der Waals surface area contributed by atoms with Crippen molar-refractivity contribution in [3.05, 3.63) is 65.7 Å². The van der Waals surface area contributed by atoms with E-state index < -0.39 is 0 Å². The van der Waals surface area contributed by atoms with Gasteiger partial charge in [0.05, 0.1) is 24.3 Å². The standard InChI is InChI=1S/C20H22FN3O2/c21-17-6-2-1-4-16(17)13-23-9-7-19-18(14-23)24(10-11-26-19)20(25)15-5-3-8-22-12-15/h1-6,8,12,18-19H,7,9-11,13-14H2/t18-,19-/m1/s1. The molecule has 2 atom stereocenters. The van der Waals surface area contributed by atoms with E-state index in [1.54, 1.807) is 30.6 Å². The van der Waals surface area contributed by atoms with Crippen molar-refractivity contribution in [3.63, 3.8) is 0 Å². The van der Waals surface area contributed by atoms with Crippen LogP contribution < -0.4 is 0 Å². The minimum Gasteiger partial charge on any atom is -0.374 e. The largest absolute Gasteiger partial charge is 0.374 e. The summed E-state index contributed by atoms with van der Waals surface area (Å²) in [5.74, 6) is -0.193. The molecule has 0 saturated carbocycles. The summed E-state index contributed by atoms with van der Waals surface area (Å²) in [6, 6.07) is 10.4. The van der Waals surface area contributed by atoms with Gasteiger partial charge in [-0.2, -0.15) is 0 Å². The van der Waals surface area contributed by atoms with Gasteiger partial charge in [-0.1, -0.05) is 18.2 Å². The van der Waals surface area contributed by atoms with Gasteiger partial charge in [0.1, 0.15) is 5.82 Å². The van der Waals surface area contributed by atoms with Crippen molar-refractivity contribution >= 4 is 5.91 Å². The normalized spacial score (nSPS) is 23.5. The molecule has 4 rings (SSSR count). The molecule has 2 aromatic rings. The van der Waals surface area contributed by atoms with E-state index in [1.807, 2.05) is 17.0 Å². The highest BCUT2D eigenvalue weighted by Gasteiger charge is 2.39. The molecular weight excluding hydrogens is 333 g/mol. The topological polar surface area (TPSA) is 45.7 Å². The van der Waals surface area contributed by atoms with Crippen LogP contribution in [0.5, 0.6) is 0 Å². The van der Waals surface area contributed by atoms with Crippen molar-refractivity contribution in [2.75, 3.05) is 26.2 Å². The Balaban J connectivity index is 1.50. The first-order chi connectivity index (χ1) is 12.7.